The van der Waals surface area contributed by atoms with E-state index in [9.17, 15) is 4.79 Å². The maximum absolute atomic E-state index is 11.3. The molecule has 2 aromatic heterocycles. The number of amides is 1. The van der Waals surface area contributed by atoms with Gasteiger partial charge in [-0.3, -0.25) is 14.7 Å². The summed E-state index contributed by atoms with van der Waals surface area (Å²) >= 11 is 0. The number of carbonyl (C=O) groups is 1. The monoisotopic (exact) mass is 188 g/mol. The molecule has 1 amide bonds. The fourth-order valence-corrected chi connectivity index (χ4v) is 1.74. The Hall–Kier alpha value is -1.91. The van der Waals surface area contributed by atoms with Gasteiger partial charge in [-0.1, -0.05) is 0 Å². The third-order valence-electron chi connectivity index (χ3n) is 2.47. The lowest BCUT2D eigenvalue weighted by Crippen LogP contribution is -2.12. The number of nitrogens with one attached hydrogen (secondary N) is 1. The molecule has 1 aliphatic heterocycles. The van der Waals surface area contributed by atoms with Crippen LogP contribution in [0.5, 0.6) is 0 Å². The number of hydrogen-bond donors (Lipinski definition) is 1. The fraction of sp³-hybridized carbons (Fsp3) is 0.222. The molecule has 0 saturated carbocycles. The van der Waals surface area contributed by atoms with E-state index < -0.39 is 0 Å². The van der Waals surface area contributed by atoms with Crippen LogP contribution < -0.4 is 5.32 Å². The van der Waals surface area contributed by atoms with E-state index in [-0.39, 0.29) is 11.9 Å². The van der Waals surface area contributed by atoms with Gasteiger partial charge in [0.1, 0.15) is 6.04 Å². The summed E-state index contributed by atoms with van der Waals surface area (Å²) in [6.45, 7) is 1.85. The van der Waals surface area contributed by atoms with Crippen molar-refractivity contribution in [2.24, 2.45) is 0 Å². The number of rotatable bonds is 0. The van der Waals surface area contributed by atoms with E-state index in [1.54, 1.807) is 6.20 Å². The minimum Gasteiger partial charge on any atom is -0.296 e. The molecule has 3 heterocycles. The van der Waals surface area contributed by atoms with Crippen molar-refractivity contribution in [3.8, 4) is 0 Å². The zero-order valence-electron chi connectivity index (χ0n) is 7.56. The number of carbonyl (C=O) groups excluding carboxylic acids is 1. The van der Waals surface area contributed by atoms with E-state index in [4.69, 9.17) is 0 Å². The quantitative estimate of drug-likeness (QED) is 0.669. The molecule has 0 unspecified atom stereocenters. The van der Waals surface area contributed by atoms with Crippen molar-refractivity contribution < 1.29 is 4.79 Å². The largest absolute Gasteiger partial charge is 0.296 e. The van der Waals surface area contributed by atoms with Crippen LogP contribution in [-0.4, -0.2) is 20.4 Å². The zero-order valence-corrected chi connectivity index (χ0v) is 7.56. The highest BCUT2D eigenvalue weighted by Gasteiger charge is 2.29. The third-order valence-corrected chi connectivity index (χ3v) is 2.47. The molecule has 0 spiro atoms. The molecule has 1 aliphatic rings. The van der Waals surface area contributed by atoms with Crippen LogP contribution in [-0.2, 0) is 4.79 Å². The van der Waals surface area contributed by atoms with Crippen LogP contribution in [0.15, 0.2) is 18.3 Å². The van der Waals surface area contributed by atoms with Gasteiger partial charge in [-0.15, -0.1) is 0 Å². The Kier molecular flexibility index (Phi) is 1.24. The summed E-state index contributed by atoms with van der Waals surface area (Å²) in [4.78, 5) is 19.7. The van der Waals surface area contributed by atoms with Crippen LogP contribution in [0.4, 0.5) is 5.95 Å². The number of anilines is 1. The van der Waals surface area contributed by atoms with Crippen molar-refractivity contribution in [2.45, 2.75) is 13.0 Å². The van der Waals surface area contributed by atoms with Gasteiger partial charge in [0.15, 0.2) is 5.65 Å². The number of aromatic nitrogens is 3. The second kappa shape index (κ2) is 2.31. The molecule has 5 nitrogen and oxygen atoms in total. The topological polar surface area (TPSA) is 59.8 Å². The minimum atomic E-state index is -0.195. The molecule has 0 radical (unpaired) electrons. The summed E-state index contributed by atoms with van der Waals surface area (Å²) < 4.78 is 1.87. The van der Waals surface area contributed by atoms with Gasteiger partial charge in [-0.2, -0.15) is 4.98 Å². The predicted octanol–water partition coefficient (Wildman–Crippen LogP) is 0.944. The van der Waals surface area contributed by atoms with Gasteiger partial charge in [0.2, 0.25) is 11.9 Å². The molecule has 1 N–H and O–H groups in total. The lowest BCUT2D eigenvalue weighted by Gasteiger charge is -2.02. The highest BCUT2D eigenvalue weighted by molar-refractivity contribution is 5.99. The van der Waals surface area contributed by atoms with Gasteiger partial charge >= 0.3 is 0 Å². The normalized spacial score (nSPS) is 19.8. The Morgan fingerprint density at radius 1 is 1.57 bits per heavy atom. The van der Waals surface area contributed by atoms with E-state index in [0.717, 1.165) is 5.52 Å². The lowest BCUT2D eigenvalue weighted by atomic mass is 10.3. The highest BCUT2D eigenvalue weighted by atomic mass is 16.2. The average Bonchev–Trinajstić information content (AvgIpc) is 2.65. The van der Waals surface area contributed by atoms with E-state index in [2.05, 4.69) is 15.3 Å². The van der Waals surface area contributed by atoms with Gasteiger partial charge in [0.05, 0.1) is 5.52 Å². The van der Waals surface area contributed by atoms with Gasteiger partial charge in [-0.25, -0.2) is 4.98 Å². The van der Waals surface area contributed by atoms with Crippen molar-refractivity contribution in [1.29, 1.82) is 0 Å². The maximum atomic E-state index is 11.3. The molecule has 70 valence electrons. The molecule has 0 bridgehead atoms. The molecule has 14 heavy (non-hydrogen) atoms. The molecule has 0 aliphatic carbocycles. The summed E-state index contributed by atoms with van der Waals surface area (Å²) in [5, 5.41) is 2.71. The van der Waals surface area contributed by atoms with Crippen LogP contribution in [0.3, 0.4) is 0 Å². The van der Waals surface area contributed by atoms with Crippen LogP contribution in [0.2, 0.25) is 0 Å². The Labute approximate surface area is 79.8 Å². The molecular weight excluding hydrogens is 180 g/mol. The van der Waals surface area contributed by atoms with E-state index in [0.29, 0.717) is 11.6 Å². The molecule has 0 aromatic carbocycles. The molecule has 0 saturated heterocycles. The van der Waals surface area contributed by atoms with Gasteiger partial charge < -0.3 is 0 Å². The van der Waals surface area contributed by atoms with Crippen LogP contribution >= 0.6 is 0 Å². The molecule has 5 heteroatoms. The van der Waals surface area contributed by atoms with Gasteiger partial charge in [0.25, 0.3) is 0 Å². The first-order valence-corrected chi connectivity index (χ1v) is 4.41. The SMILES string of the molecule is C[C@@H]1C(=O)Nc2nc3ncccc3n21. The Balaban J connectivity index is 2.37. The van der Waals surface area contributed by atoms with E-state index in [1.165, 1.54) is 0 Å². The number of imidazole rings is 1. The first kappa shape index (κ1) is 7.49. The second-order valence-electron chi connectivity index (χ2n) is 3.32. The summed E-state index contributed by atoms with van der Waals surface area (Å²) in [5.41, 5.74) is 1.57. The molecular formula is C9H8N4O. The number of pyridine rings is 1. The first-order valence-electron chi connectivity index (χ1n) is 4.41. The maximum Gasteiger partial charge on any atom is 0.249 e. The van der Waals surface area contributed by atoms with E-state index in [1.807, 2.05) is 23.6 Å². The molecule has 1 atom stereocenters. The number of hydrogen-bond acceptors (Lipinski definition) is 3. The van der Waals surface area contributed by atoms with Gasteiger partial charge in [0, 0.05) is 6.20 Å². The predicted molar refractivity (Wildman–Crippen MR) is 50.9 cm³/mol. The van der Waals surface area contributed by atoms with Crippen LogP contribution in [0.25, 0.3) is 11.2 Å². The molecule has 2 aromatic rings. The van der Waals surface area contributed by atoms with E-state index >= 15 is 0 Å². The number of fused-ring (bicyclic) bond motifs is 3. The lowest BCUT2D eigenvalue weighted by molar-refractivity contribution is -0.117. The number of nitrogens with zero attached hydrogens (tertiary/aromatic N) is 3. The summed E-state index contributed by atoms with van der Waals surface area (Å²) in [5.74, 6) is 0.578. The van der Waals surface area contributed by atoms with Gasteiger partial charge in [-0.05, 0) is 19.1 Å². The van der Waals surface area contributed by atoms with Crippen molar-refractivity contribution >= 4 is 23.0 Å². The minimum absolute atomic E-state index is 0.0155. The molecule has 3 rings (SSSR count). The van der Waals surface area contributed by atoms with Crippen molar-refractivity contribution in [1.82, 2.24) is 14.5 Å². The zero-order chi connectivity index (χ0) is 9.71. The third kappa shape index (κ3) is 0.761. The highest BCUT2D eigenvalue weighted by Crippen LogP contribution is 2.28. The average molecular weight is 188 g/mol. The standard InChI is InChI=1S/C9H8N4O/c1-5-8(14)12-9-11-7-6(13(5)9)3-2-4-10-7/h2-5H,1H3,(H,10,11,12,14)/t5-/m1/s1. The Bertz CT molecular complexity index is 531. The van der Waals surface area contributed by atoms with Crippen molar-refractivity contribution in [3.05, 3.63) is 18.3 Å². The van der Waals surface area contributed by atoms with Crippen molar-refractivity contribution in [3.63, 3.8) is 0 Å². The molecule has 0 fully saturated rings. The van der Waals surface area contributed by atoms with Crippen LogP contribution in [0.1, 0.15) is 13.0 Å². The first-order chi connectivity index (χ1) is 6.77. The van der Waals surface area contributed by atoms with Crippen molar-refractivity contribution in [2.75, 3.05) is 5.32 Å². The Morgan fingerprint density at radius 2 is 2.43 bits per heavy atom. The smallest absolute Gasteiger partial charge is 0.249 e. The Morgan fingerprint density at radius 3 is 3.29 bits per heavy atom. The summed E-state index contributed by atoms with van der Waals surface area (Å²) in [6.07, 6.45) is 1.69. The second-order valence-corrected chi connectivity index (χ2v) is 3.32. The van der Waals surface area contributed by atoms with Crippen LogP contribution in [0, 0.1) is 0 Å². The summed E-state index contributed by atoms with van der Waals surface area (Å²) in [6, 6.07) is 3.56. The summed E-state index contributed by atoms with van der Waals surface area (Å²) in [7, 11) is 0. The fourth-order valence-electron chi connectivity index (χ4n) is 1.74.